The minimum Gasteiger partial charge on any atom is -0.392 e. The molecule has 0 radical (unpaired) electrons. The van der Waals surface area contributed by atoms with Crippen LogP contribution in [0.1, 0.15) is 20.8 Å². The Kier molecular flexibility index (Phi) is 6.43. The van der Waals surface area contributed by atoms with Gasteiger partial charge in [-0.2, -0.15) is 0 Å². The number of nitrogens with two attached hydrogens (primary N) is 1. The molecule has 0 rings (SSSR count). The van der Waals surface area contributed by atoms with Crippen molar-refractivity contribution in [3.8, 4) is 0 Å². The molecule has 0 bridgehead atoms. The van der Waals surface area contributed by atoms with Gasteiger partial charge in [-0.15, -0.1) is 0 Å². The number of hydrogen-bond donors (Lipinski definition) is 1. The molecule has 0 aromatic carbocycles. The van der Waals surface area contributed by atoms with E-state index < -0.39 is 0 Å². The maximum Gasteiger partial charge on any atom is 0.239 e. The van der Waals surface area contributed by atoms with Gasteiger partial charge in [0, 0.05) is 19.6 Å². The first-order valence-electron chi connectivity index (χ1n) is 5.21. The molecule has 0 spiro atoms. The summed E-state index contributed by atoms with van der Waals surface area (Å²) in [7, 11) is 1.85. The van der Waals surface area contributed by atoms with Gasteiger partial charge in [0.05, 0.1) is 11.0 Å². The topological polar surface area (TPSA) is 49.6 Å². The van der Waals surface area contributed by atoms with Crippen molar-refractivity contribution >= 4 is 23.1 Å². The van der Waals surface area contributed by atoms with Crippen molar-refractivity contribution in [1.29, 1.82) is 0 Å². The third kappa shape index (κ3) is 4.57. The summed E-state index contributed by atoms with van der Waals surface area (Å²) in [4.78, 5) is 16.0. The molecular formula is C10H21N3OS. The Hall–Kier alpha value is -0.680. The number of carbonyl (C=O) groups is 1. The van der Waals surface area contributed by atoms with Crippen molar-refractivity contribution in [2.45, 2.75) is 26.8 Å². The van der Waals surface area contributed by atoms with Gasteiger partial charge in [-0.05, 0) is 27.8 Å². The highest BCUT2D eigenvalue weighted by Gasteiger charge is 2.21. The molecule has 1 unspecified atom stereocenters. The van der Waals surface area contributed by atoms with Crippen LogP contribution in [0.2, 0.25) is 0 Å². The summed E-state index contributed by atoms with van der Waals surface area (Å²) < 4.78 is 0. The van der Waals surface area contributed by atoms with Crippen molar-refractivity contribution in [3.63, 3.8) is 0 Å². The molecule has 0 saturated carbocycles. The van der Waals surface area contributed by atoms with Gasteiger partial charge in [-0.1, -0.05) is 12.2 Å². The first kappa shape index (κ1) is 14.3. The standard InChI is InChI=1S/C10H21N3OS/c1-5-13(6-2)10(14)8(3)12(4)7-9(11)15/h8H,5-7H2,1-4H3,(H2,11,15). The maximum atomic E-state index is 11.9. The van der Waals surface area contributed by atoms with Crippen molar-refractivity contribution in [1.82, 2.24) is 9.80 Å². The van der Waals surface area contributed by atoms with Crippen molar-refractivity contribution in [2.75, 3.05) is 26.7 Å². The van der Waals surface area contributed by atoms with Crippen LogP contribution in [0.15, 0.2) is 0 Å². The monoisotopic (exact) mass is 231 g/mol. The van der Waals surface area contributed by atoms with E-state index in [1.54, 1.807) is 4.90 Å². The Morgan fingerprint density at radius 1 is 1.40 bits per heavy atom. The SMILES string of the molecule is CCN(CC)C(=O)C(C)N(C)CC(N)=S. The second kappa shape index (κ2) is 6.74. The molecule has 0 saturated heterocycles. The average Bonchev–Trinajstić information content (AvgIpc) is 2.17. The van der Waals surface area contributed by atoms with E-state index in [4.69, 9.17) is 18.0 Å². The van der Waals surface area contributed by atoms with E-state index in [2.05, 4.69) is 0 Å². The van der Waals surface area contributed by atoms with Crippen LogP contribution >= 0.6 is 12.2 Å². The lowest BCUT2D eigenvalue weighted by molar-refractivity contribution is -0.135. The van der Waals surface area contributed by atoms with Crippen LogP contribution in [0, 0.1) is 0 Å². The normalized spacial score (nSPS) is 12.6. The molecule has 2 N–H and O–H groups in total. The molecule has 5 heteroatoms. The fraction of sp³-hybridized carbons (Fsp3) is 0.800. The molecule has 15 heavy (non-hydrogen) atoms. The van der Waals surface area contributed by atoms with Gasteiger partial charge in [0.25, 0.3) is 0 Å². The second-order valence-corrected chi connectivity index (χ2v) is 4.09. The van der Waals surface area contributed by atoms with Crippen LogP contribution < -0.4 is 5.73 Å². The van der Waals surface area contributed by atoms with Gasteiger partial charge in [0.2, 0.25) is 5.91 Å². The van der Waals surface area contributed by atoms with E-state index in [-0.39, 0.29) is 11.9 Å². The number of thiocarbonyl (C=S) groups is 1. The molecule has 0 aromatic heterocycles. The van der Waals surface area contributed by atoms with Gasteiger partial charge < -0.3 is 10.6 Å². The van der Waals surface area contributed by atoms with Gasteiger partial charge in [-0.3, -0.25) is 9.69 Å². The molecule has 0 aromatic rings. The third-order valence-corrected chi connectivity index (χ3v) is 2.63. The number of hydrogen-bond acceptors (Lipinski definition) is 3. The summed E-state index contributed by atoms with van der Waals surface area (Å²) in [6, 6.07) is -0.175. The zero-order valence-electron chi connectivity index (χ0n) is 9.99. The molecule has 0 aliphatic rings. The number of likely N-dealkylation sites (N-methyl/N-ethyl adjacent to an activating group) is 2. The molecule has 1 amide bonds. The van der Waals surface area contributed by atoms with E-state index >= 15 is 0 Å². The van der Waals surface area contributed by atoms with E-state index in [1.165, 1.54) is 0 Å². The lowest BCUT2D eigenvalue weighted by Crippen LogP contribution is -2.47. The minimum atomic E-state index is -0.175. The Balaban J connectivity index is 4.35. The fourth-order valence-corrected chi connectivity index (χ4v) is 1.57. The predicted octanol–water partition coefficient (Wildman–Crippen LogP) is 0.461. The van der Waals surface area contributed by atoms with Gasteiger partial charge in [0.15, 0.2) is 0 Å². The van der Waals surface area contributed by atoms with Crippen molar-refractivity contribution in [3.05, 3.63) is 0 Å². The minimum absolute atomic E-state index is 0.124. The molecular weight excluding hydrogens is 210 g/mol. The first-order valence-corrected chi connectivity index (χ1v) is 5.62. The summed E-state index contributed by atoms with van der Waals surface area (Å²) in [6.07, 6.45) is 0. The van der Waals surface area contributed by atoms with Crippen LogP contribution in [-0.2, 0) is 4.79 Å². The summed E-state index contributed by atoms with van der Waals surface area (Å²) in [5, 5.41) is 0. The molecule has 0 heterocycles. The molecule has 0 fully saturated rings. The highest BCUT2D eigenvalue weighted by atomic mass is 32.1. The lowest BCUT2D eigenvalue weighted by Gasteiger charge is -2.28. The largest absolute Gasteiger partial charge is 0.392 e. The smallest absolute Gasteiger partial charge is 0.239 e. The molecule has 0 aliphatic heterocycles. The summed E-state index contributed by atoms with van der Waals surface area (Å²) in [5.41, 5.74) is 5.44. The second-order valence-electron chi connectivity index (χ2n) is 3.57. The summed E-state index contributed by atoms with van der Waals surface area (Å²) in [5.74, 6) is 0.124. The first-order chi connectivity index (χ1) is 6.93. The Bertz CT molecular complexity index is 229. The Morgan fingerprint density at radius 2 is 1.87 bits per heavy atom. The van der Waals surface area contributed by atoms with E-state index in [0.717, 1.165) is 13.1 Å². The van der Waals surface area contributed by atoms with Crippen LogP contribution in [0.25, 0.3) is 0 Å². The molecule has 1 atom stereocenters. The quantitative estimate of drug-likeness (QED) is 0.675. The van der Waals surface area contributed by atoms with E-state index in [9.17, 15) is 4.79 Å². The highest BCUT2D eigenvalue weighted by molar-refractivity contribution is 7.80. The van der Waals surface area contributed by atoms with E-state index in [1.807, 2.05) is 32.7 Å². The molecule has 0 aliphatic carbocycles. The number of rotatable bonds is 6. The average molecular weight is 231 g/mol. The molecule has 88 valence electrons. The van der Waals surface area contributed by atoms with Crippen molar-refractivity contribution < 1.29 is 4.79 Å². The zero-order valence-corrected chi connectivity index (χ0v) is 10.8. The van der Waals surface area contributed by atoms with Crippen LogP contribution in [0.4, 0.5) is 0 Å². The summed E-state index contributed by atoms with van der Waals surface area (Å²) in [6.45, 7) is 7.77. The predicted molar refractivity (Wildman–Crippen MR) is 66.8 cm³/mol. The summed E-state index contributed by atoms with van der Waals surface area (Å²) >= 11 is 4.81. The number of nitrogens with zero attached hydrogens (tertiary/aromatic N) is 2. The zero-order chi connectivity index (χ0) is 12.0. The van der Waals surface area contributed by atoms with Crippen LogP contribution in [0.3, 0.4) is 0 Å². The van der Waals surface area contributed by atoms with Gasteiger partial charge in [0.1, 0.15) is 0 Å². The molecule has 4 nitrogen and oxygen atoms in total. The van der Waals surface area contributed by atoms with Gasteiger partial charge >= 0.3 is 0 Å². The Morgan fingerprint density at radius 3 is 2.20 bits per heavy atom. The van der Waals surface area contributed by atoms with Crippen molar-refractivity contribution in [2.24, 2.45) is 5.73 Å². The fourth-order valence-electron chi connectivity index (χ4n) is 1.37. The highest BCUT2D eigenvalue weighted by Crippen LogP contribution is 2.01. The number of carbonyl (C=O) groups excluding carboxylic acids is 1. The van der Waals surface area contributed by atoms with E-state index in [0.29, 0.717) is 11.5 Å². The van der Waals surface area contributed by atoms with Gasteiger partial charge in [-0.25, -0.2) is 0 Å². The maximum absolute atomic E-state index is 11.9. The van der Waals surface area contributed by atoms with Crippen LogP contribution in [-0.4, -0.2) is 53.4 Å². The third-order valence-electron chi connectivity index (χ3n) is 2.50. The number of amides is 1. The van der Waals surface area contributed by atoms with Crippen LogP contribution in [0.5, 0.6) is 0 Å². The lowest BCUT2D eigenvalue weighted by atomic mass is 10.2. The Labute approximate surface area is 97.4 Å².